The van der Waals surface area contributed by atoms with Crippen LogP contribution in [0.3, 0.4) is 0 Å². The highest BCUT2D eigenvalue weighted by Crippen LogP contribution is 2.23. The highest BCUT2D eigenvalue weighted by Gasteiger charge is 2.15. The van der Waals surface area contributed by atoms with Crippen molar-refractivity contribution >= 4 is 23.7 Å². The summed E-state index contributed by atoms with van der Waals surface area (Å²) in [5.41, 5.74) is 1.98. The van der Waals surface area contributed by atoms with Gasteiger partial charge in [0.1, 0.15) is 0 Å². The van der Waals surface area contributed by atoms with E-state index in [1.165, 1.54) is 0 Å². The van der Waals surface area contributed by atoms with E-state index in [1.807, 2.05) is 37.4 Å². The first kappa shape index (κ1) is 15.3. The van der Waals surface area contributed by atoms with Crippen LogP contribution in [0.1, 0.15) is 16.2 Å². The molecule has 23 heavy (non-hydrogen) atoms. The van der Waals surface area contributed by atoms with E-state index in [1.54, 1.807) is 29.6 Å². The fraction of sp³-hybridized carbons (Fsp3) is 0.200. The van der Waals surface area contributed by atoms with Crippen molar-refractivity contribution in [2.75, 3.05) is 11.6 Å². The number of carbonyl (C=O) groups is 1. The van der Waals surface area contributed by atoms with E-state index < -0.39 is 0 Å². The molecule has 0 aliphatic heterocycles. The fourth-order valence-electron chi connectivity index (χ4n) is 1.96. The quantitative estimate of drug-likeness (QED) is 0.741. The molecule has 0 atom stereocenters. The first-order valence-corrected chi connectivity index (χ1v) is 8.09. The number of hydrogen-bond acceptors (Lipinski definition) is 6. The Morgan fingerprint density at radius 1 is 1.26 bits per heavy atom. The molecule has 0 saturated heterocycles. The van der Waals surface area contributed by atoms with Crippen LogP contribution in [0.2, 0.25) is 0 Å². The number of aromatic nitrogens is 4. The van der Waals surface area contributed by atoms with Crippen molar-refractivity contribution in [1.29, 1.82) is 0 Å². The van der Waals surface area contributed by atoms with Crippen molar-refractivity contribution in [2.45, 2.75) is 11.8 Å². The molecule has 118 valence electrons. The summed E-state index contributed by atoms with van der Waals surface area (Å²) in [6.45, 7) is 1.87. The maximum Gasteiger partial charge on any atom is 0.322 e. The van der Waals surface area contributed by atoms with Crippen LogP contribution in [0, 0.1) is 6.92 Å². The third kappa shape index (κ3) is 3.26. The Balaban J connectivity index is 1.74. The van der Waals surface area contributed by atoms with Gasteiger partial charge in [-0.05, 0) is 43.5 Å². The zero-order valence-electron chi connectivity index (χ0n) is 12.9. The molecule has 0 bridgehead atoms. The molecule has 3 aromatic rings. The number of aryl methyl sites for hydroxylation is 2. The minimum Gasteiger partial charge on any atom is -0.403 e. The second-order valence-electron chi connectivity index (χ2n) is 4.89. The van der Waals surface area contributed by atoms with E-state index in [0.29, 0.717) is 11.6 Å². The van der Waals surface area contributed by atoms with Crippen LogP contribution in [0.4, 0.5) is 6.01 Å². The molecule has 2 aromatic heterocycles. The summed E-state index contributed by atoms with van der Waals surface area (Å²) < 4.78 is 7.10. The van der Waals surface area contributed by atoms with Gasteiger partial charge in [-0.2, -0.15) is 5.10 Å². The summed E-state index contributed by atoms with van der Waals surface area (Å²) in [4.78, 5) is 13.2. The molecular formula is C15H15N5O2S. The van der Waals surface area contributed by atoms with Gasteiger partial charge in [0.15, 0.2) is 5.69 Å². The van der Waals surface area contributed by atoms with Crippen LogP contribution in [0.5, 0.6) is 0 Å². The number of carbonyl (C=O) groups excluding carboxylic acids is 1. The van der Waals surface area contributed by atoms with Crippen LogP contribution in [-0.2, 0) is 7.05 Å². The molecule has 0 unspecified atom stereocenters. The van der Waals surface area contributed by atoms with Crippen molar-refractivity contribution in [3.8, 4) is 11.5 Å². The number of nitrogens with zero attached hydrogens (tertiary/aromatic N) is 4. The molecule has 7 nitrogen and oxygen atoms in total. The summed E-state index contributed by atoms with van der Waals surface area (Å²) in [6.07, 6.45) is 2.01. The van der Waals surface area contributed by atoms with Gasteiger partial charge < -0.3 is 4.42 Å². The number of rotatable bonds is 4. The van der Waals surface area contributed by atoms with Gasteiger partial charge in [0.05, 0.1) is 0 Å². The molecule has 0 saturated carbocycles. The maximum absolute atomic E-state index is 12.1. The standard InChI is InChI=1S/C15H15N5O2S/c1-9-8-12(19-20(9)2)13(21)16-15-18-17-14(22-15)10-4-6-11(23-3)7-5-10/h4-8H,1-3H3,(H,16,18,21). The van der Waals surface area contributed by atoms with E-state index >= 15 is 0 Å². The molecule has 0 radical (unpaired) electrons. The first-order chi connectivity index (χ1) is 11.1. The van der Waals surface area contributed by atoms with Crippen LogP contribution in [0.25, 0.3) is 11.5 Å². The second-order valence-corrected chi connectivity index (χ2v) is 5.77. The topological polar surface area (TPSA) is 85.8 Å². The number of anilines is 1. The van der Waals surface area contributed by atoms with Crippen molar-refractivity contribution in [1.82, 2.24) is 20.0 Å². The number of thioether (sulfide) groups is 1. The molecule has 1 amide bonds. The van der Waals surface area contributed by atoms with E-state index in [-0.39, 0.29) is 11.9 Å². The predicted molar refractivity (Wildman–Crippen MR) is 87.4 cm³/mol. The summed E-state index contributed by atoms with van der Waals surface area (Å²) in [7, 11) is 1.77. The lowest BCUT2D eigenvalue weighted by atomic mass is 10.2. The third-order valence-electron chi connectivity index (χ3n) is 3.33. The van der Waals surface area contributed by atoms with Gasteiger partial charge in [-0.3, -0.25) is 14.8 Å². The Morgan fingerprint density at radius 2 is 2.00 bits per heavy atom. The van der Waals surface area contributed by atoms with Crippen molar-refractivity contribution < 1.29 is 9.21 Å². The lowest BCUT2D eigenvalue weighted by molar-refractivity contribution is 0.101. The van der Waals surface area contributed by atoms with Gasteiger partial charge in [-0.15, -0.1) is 16.9 Å². The molecule has 3 rings (SSSR count). The third-order valence-corrected chi connectivity index (χ3v) is 4.07. The number of nitrogens with one attached hydrogen (secondary N) is 1. The SMILES string of the molecule is CSc1ccc(-c2nnc(NC(=O)c3cc(C)n(C)n3)o2)cc1. The van der Waals surface area contributed by atoms with Crippen LogP contribution >= 0.6 is 11.8 Å². The highest BCUT2D eigenvalue weighted by molar-refractivity contribution is 7.98. The Morgan fingerprint density at radius 3 is 2.61 bits per heavy atom. The maximum atomic E-state index is 12.1. The minimum atomic E-state index is -0.387. The van der Waals surface area contributed by atoms with Crippen LogP contribution in [-0.4, -0.2) is 32.1 Å². The average Bonchev–Trinajstić information content (AvgIpc) is 3.15. The van der Waals surface area contributed by atoms with Crippen molar-refractivity contribution in [3.63, 3.8) is 0 Å². The van der Waals surface area contributed by atoms with Gasteiger partial charge in [-0.1, -0.05) is 5.10 Å². The highest BCUT2D eigenvalue weighted by atomic mass is 32.2. The fourth-order valence-corrected chi connectivity index (χ4v) is 2.36. The summed E-state index contributed by atoms with van der Waals surface area (Å²) in [5.74, 6) is -0.0354. The van der Waals surface area contributed by atoms with Crippen LogP contribution in [0.15, 0.2) is 39.6 Å². The average molecular weight is 329 g/mol. The molecule has 0 aliphatic carbocycles. The monoisotopic (exact) mass is 329 g/mol. The van der Waals surface area contributed by atoms with Crippen LogP contribution < -0.4 is 5.32 Å². The smallest absolute Gasteiger partial charge is 0.322 e. The molecule has 1 aromatic carbocycles. The lowest BCUT2D eigenvalue weighted by Gasteiger charge is -1.98. The number of hydrogen-bond donors (Lipinski definition) is 1. The Kier molecular flexibility index (Phi) is 4.16. The summed E-state index contributed by atoms with van der Waals surface area (Å²) in [5, 5.41) is 14.4. The number of benzene rings is 1. The first-order valence-electron chi connectivity index (χ1n) is 6.87. The normalized spacial score (nSPS) is 10.7. The molecule has 0 aliphatic rings. The predicted octanol–water partition coefficient (Wildman–Crippen LogP) is 2.75. The number of amides is 1. The molecule has 8 heteroatoms. The van der Waals surface area contributed by atoms with E-state index in [2.05, 4.69) is 20.6 Å². The summed E-state index contributed by atoms with van der Waals surface area (Å²) >= 11 is 1.65. The summed E-state index contributed by atoms with van der Waals surface area (Å²) in [6, 6.07) is 9.47. The second kappa shape index (κ2) is 6.25. The Labute approximate surface area is 137 Å². The molecule has 2 heterocycles. The molecule has 1 N–H and O–H groups in total. The van der Waals surface area contributed by atoms with Gasteiger partial charge in [0.25, 0.3) is 5.91 Å². The van der Waals surface area contributed by atoms with E-state index in [0.717, 1.165) is 16.2 Å². The lowest BCUT2D eigenvalue weighted by Crippen LogP contribution is -2.13. The minimum absolute atomic E-state index is 0.0437. The van der Waals surface area contributed by atoms with E-state index in [4.69, 9.17) is 4.42 Å². The van der Waals surface area contributed by atoms with Gasteiger partial charge in [0, 0.05) is 23.2 Å². The Hall–Kier alpha value is -2.61. The van der Waals surface area contributed by atoms with E-state index in [9.17, 15) is 4.79 Å². The molecule has 0 spiro atoms. The van der Waals surface area contributed by atoms with Gasteiger partial charge in [-0.25, -0.2) is 0 Å². The zero-order chi connectivity index (χ0) is 16.4. The zero-order valence-corrected chi connectivity index (χ0v) is 13.7. The van der Waals surface area contributed by atoms with Crippen molar-refractivity contribution in [2.24, 2.45) is 7.05 Å². The molecule has 0 fully saturated rings. The van der Waals surface area contributed by atoms with Gasteiger partial charge >= 0.3 is 6.01 Å². The Bertz CT molecular complexity index is 818. The molecular weight excluding hydrogens is 314 g/mol. The van der Waals surface area contributed by atoms with Crippen molar-refractivity contribution in [3.05, 3.63) is 41.7 Å². The largest absolute Gasteiger partial charge is 0.403 e. The van der Waals surface area contributed by atoms with Gasteiger partial charge in [0.2, 0.25) is 5.89 Å².